The summed E-state index contributed by atoms with van der Waals surface area (Å²) in [5, 5.41) is 0. The Morgan fingerprint density at radius 1 is 1.30 bits per heavy atom. The Hall–Kier alpha value is -2.63. The third-order valence-electron chi connectivity index (χ3n) is 4.21. The maximum Gasteiger partial charge on any atom is 0.416 e. The van der Waals surface area contributed by atoms with Gasteiger partial charge in [0.15, 0.2) is 0 Å². The molecule has 2 aliphatic rings. The van der Waals surface area contributed by atoms with Crippen molar-refractivity contribution in [1.29, 1.82) is 0 Å². The van der Waals surface area contributed by atoms with Gasteiger partial charge in [-0.15, -0.1) is 0 Å². The predicted octanol–water partition coefficient (Wildman–Crippen LogP) is 1.71. The minimum atomic E-state index is -0.696. The summed E-state index contributed by atoms with van der Waals surface area (Å²) in [6.45, 7) is 0.410. The van der Waals surface area contributed by atoms with Gasteiger partial charge in [-0.1, -0.05) is 36.4 Å². The van der Waals surface area contributed by atoms with Crippen LogP contribution in [0.15, 0.2) is 42.0 Å². The fourth-order valence-electron chi connectivity index (χ4n) is 3.01. The first-order chi connectivity index (χ1) is 11.1. The van der Waals surface area contributed by atoms with Gasteiger partial charge in [0, 0.05) is 12.0 Å². The first-order valence-corrected chi connectivity index (χ1v) is 7.54. The summed E-state index contributed by atoms with van der Waals surface area (Å²) in [5.41, 5.74) is 1.31. The molecule has 0 bridgehead atoms. The van der Waals surface area contributed by atoms with Gasteiger partial charge in [0.05, 0.1) is 26.2 Å². The smallest absolute Gasteiger partial charge is 0.416 e. The Bertz CT molecular complexity index is 668. The maximum absolute atomic E-state index is 12.7. The van der Waals surface area contributed by atoms with Gasteiger partial charge in [-0.3, -0.25) is 9.59 Å². The second-order valence-electron chi connectivity index (χ2n) is 5.67. The van der Waals surface area contributed by atoms with Gasteiger partial charge in [0.1, 0.15) is 0 Å². The highest BCUT2D eigenvalue weighted by molar-refractivity contribution is 6.03. The van der Waals surface area contributed by atoms with Crippen LogP contribution in [-0.2, 0) is 20.9 Å². The summed E-state index contributed by atoms with van der Waals surface area (Å²) in [6, 6.07) is 9.23. The van der Waals surface area contributed by atoms with E-state index in [0.717, 1.165) is 16.9 Å². The second kappa shape index (κ2) is 6.24. The van der Waals surface area contributed by atoms with Crippen LogP contribution in [0.1, 0.15) is 18.4 Å². The molecule has 120 valence electrons. The molecule has 3 amide bonds. The van der Waals surface area contributed by atoms with Crippen molar-refractivity contribution in [1.82, 2.24) is 9.80 Å². The van der Waals surface area contributed by atoms with Crippen LogP contribution in [0.4, 0.5) is 4.79 Å². The predicted molar refractivity (Wildman–Crippen MR) is 82.2 cm³/mol. The summed E-state index contributed by atoms with van der Waals surface area (Å²) < 4.78 is 4.74. The number of methoxy groups -OCH3 is 1. The molecule has 6 heteroatoms. The Morgan fingerprint density at radius 3 is 2.70 bits per heavy atom. The summed E-state index contributed by atoms with van der Waals surface area (Å²) in [7, 11) is 1.25. The van der Waals surface area contributed by atoms with E-state index in [0.29, 0.717) is 12.0 Å². The highest BCUT2D eigenvalue weighted by atomic mass is 16.5. The third-order valence-corrected chi connectivity index (χ3v) is 4.21. The van der Waals surface area contributed by atoms with Crippen molar-refractivity contribution in [3.8, 4) is 0 Å². The molecule has 3 rings (SSSR count). The first kappa shape index (κ1) is 15.3. The van der Waals surface area contributed by atoms with Gasteiger partial charge in [0.2, 0.25) is 5.91 Å². The molecule has 2 heterocycles. The Morgan fingerprint density at radius 2 is 2.04 bits per heavy atom. The minimum Gasteiger partial charge on any atom is -0.452 e. The molecular weight excluding hydrogens is 296 g/mol. The summed E-state index contributed by atoms with van der Waals surface area (Å²) in [6.07, 6.45) is 2.35. The summed E-state index contributed by atoms with van der Waals surface area (Å²) in [5.74, 6) is -0.343. The van der Waals surface area contributed by atoms with E-state index in [1.807, 2.05) is 30.3 Å². The lowest BCUT2D eigenvalue weighted by Crippen LogP contribution is -2.38. The van der Waals surface area contributed by atoms with Crippen LogP contribution in [0.25, 0.3) is 0 Å². The number of hydrogen-bond acceptors (Lipinski definition) is 4. The number of fused-ring (bicyclic) bond motifs is 1. The number of benzene rings is 1. The Labute approximate surface area is 134 Å². The zero-order chi connectivity index (χ0) is 16.4. The molecule has 0 unspecified atom stereocenters. The minimum absolute atomic E-state index is 0.0160. The second-order valence-corrected chi connectivity index (χ2v) is 5.67. The summed E-state index contributed by atoms with van der Waals surface area (Å²) in [4.78, 5) is 39.2. The number of amides is 3. The lowest BCUT2D eigenvalue weighted by molar-refractivity contribution is -0.128. The lowest BCUT2D eigenvalue weighted by atomic mass is 10.1. The molecule has 6 nitrogen and oxygen atoms in total. The van der Waals surface area contributed by atoms with Crippen molar-refractivity contribution in [2.45, 2.75) is 25.4 Å². The average molecular weight is 314 g/mol. The molecule has 1 aromatic carbocycles. The molecule has 0 radical (unpaired) electrons. The Balaban J connectivity index is 1.79. The maximum atomic E-state index is 12.7. The zero-order valence-corrected chi connectivity index (χ0v) is 12.9. The number of hydrogen-bond donors (Lipinski definition) is 0. The molecule has 0 N–H and O–H groups in total. The molecule has 1 saturated heterocycles. The zero-order valence-electron chi connectivity index (χ0n) is 12.9. The SMILES string of the molecule is COC(=O)N(Cc1ccccc1)C(=O)C1=C[C@@H]2CCC(=O)N2C1. The third kappa shape index (κ3) is 2.97. The molecule has 23 heavy (non-hydrogen) atoms. The molecule has 0 saturated carbocycles. The van der Waals surface area contributed by atoms with E-state index in [1.54, 1.807) is 11.0 Å². The molecule has 1 atom stereocenters. The van der Waals surface area contributed by atoms with E-state index in [1.165, 1.54) is 7.11 Å². The van der Waals surface area contributed by atoms with Gasteiger partial charge in [-0.05, 0) is 12.0 Å². The number of carbonyl (C=O) groups is 3. The largest absolute Gasteiger partial charge is 0.452 e. The molecule has 1 aromatic rings. The molecular formula is C17H18N2O4. The van der Waals surface area contributed by atoms with Crippen LogP contribution >= 0.6 is 0 Å². The van der Waals surface area contributed by atoms with Crippen LogP contribution in [-0.4, -0.2) is 47.4 Å². The van der Waals surface area contributed by atoms with Gasteiger partial charge in [-0.25, -0.2) is 9.69 Å². The normalized spacial score (nSPS) is 19.3. The Kier molecular flexibility index (Phi) is 4.14. The topological polar surface area (TPSA) is 66.9 Å². The van der Waals surface area contributed by atoms with Crippen molar-refractivity contribution in [2.24, 2.45) is 0 Å². The fourth-order valence-corrected chi connectivity index (χ4v) is 3.01. The molecule has 0 aliphatic carbocycles. The number of carbonyl (C=O) groups excluding carboxylic acids is 3. The van der Waals surface area contributed by atoms with E-state index >= 15 is 0 Å². The fraction of sp³-hybridized carbons (Fsp3) is 0.353. The summed E-state index contributed by atoms with van der Waals surface area (Å²) >= 11 is 0. The highest BCUT2D eigenvalue weighted by Crippen LogP contribution is 2.28. The van der Waals surface area contributed by atoms with Crippen LogP contribution in [0.3, 0.4) is 0 Å². The van der Waals surface area contributed by atoms with Crippen LogP contribution in [0.2, 0.25) is 0 Å². The van der Waals surface area contributed by atoms with E-state index in [2.05, 4.69) is 0 Å². The van der Waals surface area contributed by atoms with Crippen molar-refractivity contribution in [3.63, 3.8) is 0 Å². The van der Waals surface area contributed by atoms with Gasteiger partial charge in [-0.2, -0.15) is 0 Å². The number of ether oxygens (including phenoxy) is 1. The van der Waals surface area contributed by atoms with Crippen molar-refractivity contribution < 1.29 is 19.1 Å². The van der Waals surface area contributed by atoms with Crippen molar-refractivity contribution >= 4 is 17.9 Å². The van der Waals surface area contributed by atoms with Crippen LogP contribution in [0.5, 0.6) is 0 Å². The number of rotatable bonds is 3. The van der Waals surface area contributed by atoms with Crippen molar-refractivity contribution in [2.75, 3.05) is 13.7 Å². The standard InChI is InChI=1S/C17H18N2O4/c1-23-17(22)19(10-12-5-3-2-4-6-12)16(21)13-9-14-7-8-15(20)18(14)11-13/h2-6,9,14H,7-8,10-11H2,1H3/t14-/m0/s1. The highest BCUT2D eigenvalue weighted by Gasteiger charge is 2.38. The van der Waals surface area contributed by atoms with E-state index < -0.39 is 12.0 Å². The quantitative estimate of drug-likeness (QED) is 0.852. The molecule has 1 fully saturated rings. The lowest BCUT2D eigenvalue weighted by Gasteiger charge is -2.21. The van der Waals surface area contributed by atoms with Gasteiger partial charge < -0.3 is 9.64 Å². The molecule has 2 aliphatic heterocycles. The van der Waals surface area contributed by atoms with Gasteiger partial charge in [0.25, 0.3) is 5.91 Å². The van der Waals surface area contributed by atoms with E-state index in [9.17, 15) is 14.4 Å². The molecule has 0 spiro atoms. The van der Waals surface area contributed by atoms with Crippen molar-refractivity contribution in [3.05, 3.63) is 47.5 Å². The monoisotopic (exact) mass is 314 g/mol. The van der Waals surface area contributed by atoms with Crippen LogP contribution in [0, 0.1) is 0 Å². The first-order valence-electron chi connectivity index (χ1n) is 7.54. The number of nitrogens with zero attached hydrogens (tertiary/aromatic N) is 2. The van der Waals surface area contributed by atoms with E-state index in [-0.39, 0.29) is 25.0 Å². The number of imide groups is 1. The molecule has 0 aromatic heterocycles. The average Bonchev–Trinajstić information content (AvgIpc) is 3.15. The van der Waals surface area contributed by atoms with E-state index in [4.69, 9.17) is 4.74 Å². The van der Waals surface area contributed by atoms with Gasteiger partial charge >= 0.3 is 6.09 Å². The van der Waals surface area contributed by atoms with Crippen LogP contribution < -0.4 is 0 Å².